The topological polar surface area (TPSA) is 131 Å². The molecule has 1 unspecified atom stereocenters. The number of carbonyl (C=O) groups is 3. The Morgan fingerprint density at radius 2 is 1.72 bits per heavy atom. The molecule has 1 atom stereocenters. The summed E-state index contributed by atoms with van der Waals surface area (Å²) in [6.45, 7) is 7.34. The maximum absolute atomic E-state index is 13.1. The predicted octanol–water partition coefficient (Wildman–Crippen LogP) is 6.25. The van der Waals surface area contributed by atoms with Crippen LogP contribution in [0, 0.1) is 6.92 Å². The van der Waals surface area contributed by atoms with Gasteiger partial charge >= 0.3 is 12.4 Å². The highest BCUT2D eigenvalue weighted by atomic mass is 32.2. The third-order valence-corrected chi connectivity index (χ3v) is 7.88. The van der Waals surface area contributed by atoms with Crippen LogP contribution < -0.4 is 20.3 Å². The summed E-state index contributed by atoms with van der Waals surface area (Å²) in [6, 6.07) is 16.9. The van der Waals surface area contributed by atoms with Crippen molar-refractivity contribution in [1.82, 2.24) is 25.4 Å². The van der Waals surface area contributed by atoms with Crippen molar-refractivity contribution in [3.63, 3.8) is 0 Å². The number of nitrogens with zero attached hydrogens (tertiary/aromatic N) is 5. The molecular weight excluding hydrogens is 635 g/mol. The maximum Gasteiger partial charge on any atom is 0.573 e. The molecular formula is C32H30F3N7O4S. The summed E-state index contributed by atoms with van der Waals surface area (Å²) < 4.78 is 42.7. The molecule has 0 spiro atoms. The van der Waals surface area contributed by atoms with Gasteiger partial charge in [0.2, 0.25) is 11.8 Å². The van der Waals surface area contributed by atoms with Gasteiger partial charge in [0.05, 0.1) is 17.1 Å². The Labute approximate surface area is 272 Å². The van der Waals surface area contributed by atoms with Gasteiger partial charge in [0.15, 0.2) is 11.0 Å². The quantitative estimate of drug-likeness (QED) is 0.213. The van der Waals surface area contributed by atoms with Crippen molar-refractivity contribution in [3.8, 4) is 22.8 Å². The van der Waals surface area contributed by atoms with Gasteiger partial charge in [0, 0.05) is 12.5 Å². The van der Waals surface area contributed by atoms with Crippen LogP contribution in [-0.2, 0) is 9.59 Å². The number of amidine groups is 1. The fraction of sp³-hybridized carbons (Fsp3) is 0.250. The number of halogens is 3. The summed E-state index contributed by atoms with van der Waals surface area (Å²) in [4.78, 5) is 48.0. The molecule has 0 saturated carbocycles. The number of hydrogen-bond acceptors (Lipinski definition) is 7. The minimum absolute atomic E-state index is 0.128. The van der Waals surface area contributed by atoms with E-state index < -0.39 is 24.5 Å². The fourth-order valence-electron chi connectivity index (χ4n) is 4.82. The van der Waals surface area contributed by atoms with Crippen LogP contribution in [0.3, 0.4) is 0 Å². The van der Waals surface area contributed by atoms with Gasteiger partial charge in [-0.1, -0.05) is 67.6 Å². The third kappa shape index (κ3) is 8.16. The highest BCUT2D eigenvalue weighted by molar-refractivity contribution is 8.15. The molecule has 1 fully saturated rings. The van der Waals surface area contributed by atoms with Gasteiger partial charge < -0.3 is 15.4 Å². The first kappa shape index (κ1) is 33.2. The van der Waals surface area contributed by atoms with E-state index in [1.54, 1.807) is 24.3 Å². The number of benzene rings is 3. The lowest BCUT2D eigenvalue weighted by Gasteiger charge is -2.23. The average molecular weight is 666 g/mol. The van der Waals surface area contributed by atoms with E-state index in [0.29, 0.717) is 28.3 Å². The van der Waals surface area contributed by atoms with E-state index in [4.69, 9.17) is 0 Å². The van der Waals surface area contributed by atoms with E-state index in [2.05, 4.69) is 30.4 Å². The summed E-state index contributed by atoms with van der Waals surface area (Å²) in [5.74, 6) is -0.349. The van der Waals surface area contributed by atoms with Crippen molar-refractivity contribution in [3.05, 3.63) is 89.7 Å². The smallest absolute Gasteiger partial charge is 0.406 e. The van der Waals surface area contributed by atoms with Crippen LogP contribution in [0.4, 0.5) is 23.7 Å². The highest BCUT2D eigenvalue weighted by Crippen LogP contribution is 2.34. The number of amides is 4. The van der Waals surface area contributed by atoms with E-state index >= 15 is 0 Å². The molecule has 11 nitrogen and oxygen atoms in total. The molecule has 0 aliphatic carbocycles. The first-order chi connectivity index (χ1) is 22.3. The SMILES string of the molecule is CC(=O)NC(NC(=O)/N=C1\SCC(=O)N1c1ccc(C)cc1C(C)C)c1ccc(-c2ncn(-c3ccc(OC(F)(F)F)cc3)n2)cc1. The molecule has 47 heavy (non-hydrogen) atoms. The number of aromatic nitrogens is 3. The minimum Gasteiger partial charge on any atom is -0.406 e. The molecule has 0 bridgehead atoms. The van der Waals surface area contributed by atoms with Gasteiger partial charge in [-0.3, -0.25) is 14.5 Å². The minimum atomic E-state index is -4.79. The Balaban J connectivity index is 1.32. The molecule has 4 aromatic rings. The zero-order valence-corrected chi connectivity index (χ0v) is 26.5. The number of ether oxygens (including phenoxy) is 1. The lowest BCUT2D eigenvalue weighted by molar-refractivity contribution is -0.274. The number of nitrogens with one attached hydrogen (secondary N) is 2. The summed E-state index contributed by atoms with van der Waals surface area (Å²) >= 11 is 1.16. The van der Waals surface area contributed by atoms with Gasteiger partial charge in [-0.05, 0) is 54.3 Å². The van der Waals surface area contributed by atoms with Crippen molar-refractivity contribution in [1.29, 1.82) is 0 Å². The molecule has 1 aromatic heterocycles. The fourth-order valence-corrected chi connectivity index (χ4v) is 5.67. The van der Waals surface area contributed by atoms with E-state index in [0.717, 1.165) is 22.9 Å². The first-order valence-corrected chi connectivity index (χ1v) is 15.4. The zero-order valence-electron chi connectivity index (χ0n) is 25.7. The summed E-state index contributed by atoms with van der Waals surface area (Å²) in [5.41, 5.74) is 4.28. The maximum atomic E-state index is 13.1. The Bertz CT molecular complexity index is 1820. The van der Waals surface area contributed by atoms with Crippen molar-refractivity contribution in [2.24, 2.45) is 4.99 Å². The number of urea groups is 1. The van der Waals surface area contributed by atoms with Crippen LogP contribution in [-0.4, -0.2) is 49.9 Å². The average Bonchev–Trinajstić information content (AvgIpc) is 3.63. The van der Waals surface area contributed by atoms with E-state index in [-0.39, 0.29) is 28.5 Å². The lowest BCUT2D eigenvalue weighted by atomic mass is 9.98. The molecule has 1 aliphatic heterocycles. The number of thioether (sulfide) groups is 1. The second-order valence-electron chi connectivity index (χ2n) is 10.9. The van der Waals surface area contributed by atoms with Crippen LogP contribution in [0.15, 0.2) is 78.0 Å². The number of carbonyl (C=O) groups excluding carboxylic acids is 3. The van der Waals surface area contributed by atoms with Gasteiger partial charge in [0.25, 0.3) is 0 Å². The highest BCUT2D eigenvalue weighted by Gasteiger charge is 2.33. The normalized spacial score (nSPS) is 14.9. The lowest BCUT2D eigenvalue weighted by Crippen LogP contribution is -2.40. The second kappa shape index (κ2) is 13.7. The van der Waals surface area contributed by atoms with E-state index in [1.807, 2.05) is 39.0 Å². The molecule has 5 rings (SSSR count). The summed E-state index contributed by atoms with van der Waals surface area (Å²) in [7, 11) is 0. The molecule has 15 heteroatoms. The number of anilines is 1. The monoisotopic (exact) mass is 665 g/mol. The van der Waals surface area contributed by atoms with Crippen molar-refractivity contribution >= 4 is 40.5 Å². The number of aryl methyl sites for hydroxylation is 1. The van der Waals surface area contributed by atoms with Crippen molar-refractivity contribution in [2.75, 3.05) is 10.7 Å². The molecule has 0 radical (unpaired) electrons. The Hall–Kier alpha value is -5.18. The summed E-state index contributed by atoms with van der Waals surface area (Å²) in [5, 5.41) is 10.0. The Morgan fingerprint density at radius 1 is 1.02 bits per heavy atom. The summed E-state index contributed by atoms with van der Waals surface area (Å²) in [6.07, 6.45) is -4.32. The number of alkyl halides is 3. The number of hydrogen-bond donors (Lipinski definition) is 2. The molecule has 1 aliphatic rings. The van der Waals surface area contributed by atoms with Gasteiger partial charge in [-0.2, -0.15) is 4.99 Å². The van der Waals surface area contributed by atoms with Crippen LogP contribution in [0.2, 0.25) is 0 Å². The zero-order chi connectivity index (χ0) is 33.9. The van der Waals surface area contributed by atoms with Gasteiger partial charge in [-0.15, -0.1) is 18.3 Å². The van der Waals surface area contributed by atoms with Crippen LogP contribution >= 0.6 is 11.8 Å². The van der Waals surface area contributed by atoms with E-state index in [9.17, 15) is 27.6 Å². The van der Waals surface area contributed by atoms with Gasteiger partial charge in [0.1, 0.15) is 18.2 Å². The standard InChI is InChI=1S/C32H30F3N7O4S/c1-18(2)25-15-19(3)5-14-26(25)42-27(44)16-47-31(42)39-30(45)38-29(37-20(4)43)22-8-6-21(7-9-22)28-36-17-41(40-28)23-10-12-24(13-11-23)46-32(33,34)35/h5-15,17-18,29H,16H2,1-4H3,(H,37,43)(H,38,45)/b39-31-. The molecule has 3 aromatic carbocycles. The van der Waals surface area contributed by atoms with Gasteiger partial charge in [-0.25, -0.2) is 14.5 Å². The van der Waals surface area contributed by atoms with Crippen LogP contribution in [0.5, 0.6) is 5.75 Å². The van der Waals surface area contributed by atoms with Crippen molar-refractivity contribution < 1.29 is 32.3 Å². The Morgan fingerprint density at radius 3 is 2.36 bits per heavy atom. The molecule has 2 N–H and O–H groups in total. The predicted molar refractivity (Wildman–Crippen MR) is 171 cm³/mol. The van der Waals surface area contributed by atoms with Crippen LogP contribution in [0.1, 0.15) is 49.5 Å². The molecule has 4 amide bonds. The largest absolute Gasteiger partial charge is 0.573 e. The molecule has 1 saturated heterocycles. The van der Waals surface area contributed by atoms with Crippen LogP contribution in [0.25, 0.3) is 17.1 Å². The number of aliphatic imine (C=N–C) groups is 1. The molecule has 2 heterocycles. The Kier molecular flexibility index (Phi) is 9.65. The number of rotatable bonds is 8. The second-order valence-corrected chi connectivity index (χ2v) is 11.8. The molecule has 244 valence electrons. The van der Waals surface area contributed by atoms with E-state index in [1.165, 1.54) is 47.1 Å². The van der Waals surface area contributed by atoms with Crippen molar-refractivity contribution in [2.45, 2.75) is 46.1 Å². The third-order valence-electron chi connectivity index (χ3n) is 6.95. The first-order valence-electron chi connectivity index (χ1n) is 14.4.